The summed E-state index contributed by atoms with van der Waals surface area (Å²) in [6.45, 7) is 5.06. The summed E-state index contributed by atoms with van der Waals surface area (Å²) < 4.78 is 10.8. The maximum Gasteiger partial charge on any atom is 0.164 e. The molecule has 0 heterocycles. The lowest BCUT2D eigenvalue weighted by molar-refractivity contribution is 0.300. The number of aryl methyl sites for hydroxylation is 2. The number of hydrogen-bond acceptors (Lipinski definition) is 3. The van der Waals surface area contributed by atoms with Gasteiger partial charge in [-0.3, -0.25) is 0 Å². The van der Waals surface area contributed by atoms with Crippen LogP contribution in [0.25, 0.3) is 0 Å². The summed E-state index contributed by atoms with van der Waals surface area (Å²) in [7, 11) is 1.64. The summed E-state index contributed by atoms with van der Waals surface area (Å²) in [5, 5.41) is 0. The molecule has 14 heavy (non-hydrogen) atoms. The van der Waals surface area contributed by atoms with Gasteiger partial charge in [0, 0.05) is 6.54 Å². The number of benzene rings is 1. The maximum absolute atomic E-state index is 5.51. The minimum atomic E-state index is 0.510. The summed E-state index contributed by atoms with van der Waals surface area (Å²) in [6.07, 6.45) is 0. The van der Waals surface area contributed by atoms with E-state index in [4.69, 9.17) is 15.2 Å². The molecule has 0 atom stereocenters. The van der Waals surface area contributed by atoms with Gasteiger partial charge in [0.05, 0.1) is 7.11 Å². The van der Waals surface area contributed by atoms with Crippen LogP contribution in [0.15, 0.2) is 12.1 Å². The molecule has 0 aliphatic heterocycles. The Morgan fingerprint density at radius 3 is 2.57 bits per heavy atom. The number of nitrogens with two attached hydrogens (primary N) is 1. The first kappa shape index (κ1) is 10.9. The fourth-order valence-electron chi connectivity index (χ4n) is 1.41. The third-order valence-corrected chi connectivity index (χ3v) is 1.97. The quantitative estimate of drug-likeness (QED) is 0.794. The van der Waals surface area contributed by atoms with Crippen molar-refractivity contribution in [3.05, 3.63) is 23.3 Å². The average Bonchev–Trinajstić information content (AvgIpc) is 2.15. The smallest absolute Gasteiger partial charge is 0.164 e. The van der Waals surface area contributed by atoms with E-state index >= 15 is 0 Å². The van der Waals surface area contributed by atoms with Crippen LogP contribution in [0.3, 0.4) is 0 Å². The van der Waals surface area contributed by atoms with Crippen LogP contribution < -0.4 is 15.2 Å². The molecule has 1 rings (SSSR count). The second-order valence-electron chi connectivity index (χ2n) is 3.25. The number of hydrogen-bond donors (Lipinski definition) is 1. The van der Waals surface area contributed by atoms with E-state index in [1.54, 1.807) is 7.11 Å². The lowest BCUT2D eigenvalue weighted by Crippen LogP contribution is -2.11. The fraction of sp³-hybridized carbons (Fsp3) is 0.455. The van der Waals surface area contributed by atoms with E-state index in [0.717, 1.165) is 17.1 Å². The topological polar surface area (TPSA) is 44.5 Å². The van der Waals surface area contributed by atoms with Crippen LogP contribution >= 0.6 is 0 Å². The van der Waals surface area contributed by atoms with Gasteiger partial charge in [0.25, 0.3) is 0 Å². The molecule has 0 aliphatic rings. The molecule has 0 spiro atoms. The molecule has 1 aromatic rings. The van der Waals surface area contributed by atoms with Gasteiger partial charge in [-0.2, -0.15) is 0 Å². The van der Waals surface area contributed by atoms with Gasteiger partial charge < -0.3 is 15.2 Å². The van der Waals surface area contributed by atoms with Gasteiger partial charge >= 0.3 is 0 Å². The molecule has 1 aromatic carbocycles. The molecule has 0 amide bonds. The number of ether oxygens (including phenoxy) is 2. The first-order valence-electron chi connectivity index (χ1n) is 4.67. The molecule has 0 unspecified atom stereocenters. The van der Waals surface area contributed by atoms with Crippen molar-refractivity contribution < 1.29 is 9.47 Å². The van der Waals surface area contributed by atoms with E-state index < -0.39 is 0 Å². The molecule has 78 valence electrons. The van der Waals surface area contributed by atoms with Gasteiger partial charge in [-0.05, 0) is 31.0 Å². The summed E-state index contributed by atoms with van der Waals surface area (Å²) in [6, 6.07) is 4.02. The standard InChI is InChI=1S/C11H17NO2/c1-8-6-9(2)11(14-5-4-12)10(7-8)13-3/h6-7H,4-5,12H2,1-3H3. The molecule has 3 heteroatoms. The molecule has 2 N–H and O–H groups in total. The Labute approximate surface area is 84.8 Å². The van der Waals surface area contributed by atoms with Gasteiger partial charge in [0.15, 0.2) is 11.5 Å². The first-order valence-corrected chi connectivity index (χ1v) is 4.67. The first-order chi connectivity index (χ1) is 6.69. The van der Waals surface area contributed by atoms with Crippen molar-refractivity contribution in [1.29, 1.82) is 0 Å². The van der Waals surface area contributed by atoms with Gasteiger partial charge in [0.1, 0.15) is 6.61 Å². The SMILES string of the molecule is COc1cc(C)cc(C)c1OCCN. The zero-order valence-electron chi connectivity index (χ0n) is 8.96. The Balaban J connectivity index is 2.99. The molecule has 0 fully saturated rings. The van der Waals surface area contributed by atoms with Gasteiger partial charge in [0.2, 0.25) is 0 Å². The van der Waals surface area contributed by atoms with Crippen LogP contribution in [0, 0.1) is 13.8 Å². The van der Waals surface area contributed by atoms with Crippen LogP contribution in [-0.2, 0) is 0 Å². The van der Waals surface area contributed by atoms with E-state index in [1.807, 2.05) is 19.9 Å². The Bertz CT molecular complexity index is 310. The van der Waals surface area contributed by atoms with E-state index in [9.17, 15) is 0 Å². The zero-order valence-corrected chi connectivity index (χ0v) is 8.96. The van der Waals surface area contributed by atoms with Crippen molar-refractivity contribution in [2.45, 2.75) is 13.8 Å². The Morgan fingerprint density at radius 1 is 1.29 bits per heavy atom. The maximum atomic E-state index is 5.51. The van der Waals surface area contributed by atoms with E-state index in [1.165, 1.54) is 5.56 Å². The second kappa shape index (κ2) is 4.86. The normalized spacial score (nSPS) is 10.0. The average molecular weight is 195 g/mol. The van der Waals surface area contributed by atoms with Crippen LogP contribution in [0.1, 0.15) is 11.1 Å². The third-order valence-electron chi connectivity index (χ3n) is 1.97. The van der Waals surface area contributed by atoms with E-state index in [2.05, 4.69) is 6.07 Å². The van der Waals surface area contributed by atoms with Crippen LogP contribution in [0.2, 0.25) is 0 Å². The lowest BCUT2D eigenvalue weighted by Gasteiger charge is -2.13. The van der Waals surface area contributed by atoms with Crippen molar-refractivity contribution in [2.24, 2.45) is 5.73 Å². The Morgan fingerprint density at radius 2 is 2.00 bits per heavy atom. The molecular weight excluding hydrogens is 178 g/mol. The molecule has 0 bridgehead atoms. The summed E-state index contributed by atoms with van der Waals surface area (Å²) in [4.78, 5) is 0. The summed E-state index contributed by atoms with van der Waals surface area (Å²) in [5.41, 5.74) is 7.63. The predicted molar refractivity (Wildman–Crippen MR) is 57.0 cm³/mol. The van der Waals surface area contributed by atoms with E-state index in [0.29, 0.717) is 13.2 Å². The van der Waals surface area contributed by atoms with Crippen molar-refractivity contribution >= 4 is 0 Å². The summed E-state index contributed by atoms with van der Waals surface area (Å²) in [5.74, 6) is 1.57. The Kier molecular flexibility index (Phi) is 3.77. The van der Waals surface area contributed by atoms with Gasteiger partial charge in [-0.1, -0.05) is 6.07 Å². The molecule has 0 aromatic heterocycles. The van der Waals surface area contributed by atoms with Gasteiger partial charge in [-0.25, -0.2) is 0 Å². The predicted octanol–water partition coefficient (Wildman–Crippen LogP) is 1.65. The highest BCUT2D eigenvalue weighted by atomic mass is 16.5. The molecule has 0 saturated carbocycles. The van der Waals surface area contributed by atoms with Crippen LogP contribution in [0.5, 0.6) is 11.5 Å². The second-order valence-corrected chi connectivity index (χ2v) is 3.25. The minimum Gasteiger partial charge on any atom is -0.493 e. The number of methoxy groups -OCH3 is 1. The highest BCUT2D eigenvalue weighted by Gasteiger charge is 2.08. The third kappa shape index (κ3) is 2.39. The van der Waals surface area contributed by atoms with E-state index in [-0.39, 0.29) is 0 Å². The fourth-order valence-corrected chi connectivity index (χ4v) is 1.41. The number of rotatable bonds is 4. The van der Waals surface area contributed by atoms with Gasteiger partial charge in [-0.15, -0.1) is 0 Å². The monoisotopic (exact) mass is 195 g/mol. The Hall–Kier alpha value is -1.22. The van der Waals surface area contributed by atoms with Crippen molar-refractivity contribution in [3.8, 4) is 11.5 Å². The highest BCUT2D eigenvalue weighted by Crippen LogP contribution is 2.31. The van der Waals surface area contributed by atoms with Crippen molar-refractivity contribution in [1.82, 2.24) is 0 Å². The minimum absolute atomic E-state index is 0.510. The molecule has 0 aliphatic carbocycles. The lowest BCUT2D eigenvalue weighted by atomic mass is 10.1. The van der Waals surface area contributed by atoms with Crippen molar-refractivity contribution in [3.63, 3.8) is 0 Å². The van der Waals surface area contributed by atoms with Crippen molar-refractivity contribution in [2.75, 3.05) is 20.3 Å². The summed E-state index contributed by atoms with van der Waals surface area (Å²) >= 11 is 0. The highest BCUT2D eigenvalue weighted by molar-refractivity contribution is 5.48. The van der Waals surface area contributed by atoms with Crippen LogP contribution in [0.4, 0.5) is 0 Å². The molecule has 3 nitrogen and oxygen atoms in total. The molecule has 0 saturated heterocycles. The molecule has 0 radical (unpaired) electrons. The van der Waals surface area contributed by atoms with Crippen LogP contribution in [-0.4, -0.2) is 20.3 Å². The molecular formula is C11H17NO2. The zero-order chi connectivity index (χ0) is 10.6. The largest absolute Gasteiger partial charge is 0.493 e.